The SMILES string of the molecule is O=C(CNC(=O)c1ccc(Br)o1)OCc1ccc(Cl)cc1. The number of furan rings is 1. The Labute approximate surface area is 134 Å². The van der Waals surface area contributed by atoms with Crippen molar-refractivity contribution in [3.8, 4) is 0 Å². The van der Waals surface area contributed by atoms with E-state index in [-0.39, 0.29) is 18.9 Å². The molecule has 0 saturated heterocycles. The highest BCUT2D eigenvalue weighted by molar-refractivity contribution is 9.10. The molecule has 1 N–H and O–H groups in total. The molecule has 0 bridgehead atoms. The molecule has 0 saturated carbocycles. The zero-order valence-corrected chi connectivity index (χ0v) is 13.1. The molecule has 21 heavy (non-hydrogen) atoms. The molecular formula is C14H11BrClNO4. The monoisotopic (exact) mass is 371 g/mol. The summed E-state index contributed by atoms with van der Waals surface area (Å²) in [5, 5.41) is 3.02. The lowest BCUT2D eigenvalue weighted by Gasteiger charge is -2.06. The third kappa shape index (κ3) is 4.91. The molecule has 0 aliphatic heterocycles. The largest absolute Gasteiger partial charge is 0.460 e. The van der Waals surface area contributed by atoms with Gasteiger partial charge in [-0.25, -0.2) is 0 Å². The van der Waals surface area contributed by atoms with Gasteiger partial charge in [0.1, 0.15) is 13.2 Å². The fraction of sp³-hybridized carbons (Fsp3) is 0.143. The average molecular weight is 373 g/mol. The number of amides is 1. The highest BCUT2D eigenvalue weighted by atomic mass is 79.9. The molecule has 1 aromatic carbocycles. The molecule has 0 atom stereocenters. The second kappa shape index (κ2) is 7.28. The van der Waals surface area contributed by atoms with Gasteiger partial charge < -0.3 is 14.5 Å². The Morgan fingerprint density at radius 3 is 2.52 bits per heavy atom. The van der Waals surface area contributed by atoms with E-state index in [9.17, 15) is 9.59 Å². The molecule has 110 valence electrons. The second-order valence-corrected chi connectivity index (χ2v) is 5.29. The van der Waals surface area contributed by atoms with Gasteiger partial charge in [-0.15, -0.1) is 0 Å². The number of benzene rings is 1. The third-order valence-corrected chi connectivity index (χ3v) is 3.18. The topological polar surface area (TPSA) is 68.5 Å². The minimum absolute atomic E-state index is 0.118. The number of rotatable bonds is 5. The molecule has 0 spiro atoms. The summed E-state index contributed by atoms with van der Waals surface area (Å²) < 4.78 is 10.5. The molecule has 2 rings (SSSR count). The Morgan fingerprint density at radius 1 is 1.19 bits per heavy atom. The van der Waals surface area contributed by atoms with Crippen LogP contribution >= 0.6 is 27.5 Å². The van der Waals surface area contributed by atoms with Gasteiger partial charge in [-0.2, -0.15) is 0 Å². The summed E-state index contributed by atoms with van der Waals surface area (Å²) in [5.74, 6) is -0.902. The van der Waals surface area contributed by atoms with E-state index in [0.29, 0.717) is 9.69 Å². The number of hydrogen-bond donors (Lipinski definition) is 1. The van der Waals surface area contributed by atoms with Gasteiger partial charge in [0, 0.05) is 5.02 Å². The van der Waals surface area contributed by atoms with Crippen molar-refractivity contribution in [3.05, 3.63) is 57.4 Å². The summed E-state index contributed by atoms with van der Waals surface area (Å²) in [6, 6.07) is 10.0. The van der Waals surface area contributed by atoms with E-state index in [1.807, 2.05) is 0 Å². The van der Waals surface area contributed by atoms with E-state index in [1.165, 1.54) is 6.07 Å². The van der Waals surface area contributed by atoms with E-state index < -0.39 is 11.9 Å². The average Bonchev–Trinajstić information content (AvgIpc) is 2.91. The Hall–Kier alpha value is -1.79. The first kappa shape index (κ1) is 15.6. The zero-order chi connectivity index (χ0) is 15.2. The van der Waals surface area contributed by atoms with E-state index in [0.717, 1.165) is 5.56 Å². The number of esters is 1. The number of hydrogen-bond acceptors (Lipinski definition) is 4. The molecule has 0 aliphatic carbocycles. The lowest BCUT2D eigenvalue weighted by atomic mass is 10.2. The molecule has 0 fully saturated rings. The van der Waals surface area contributed by atoms with Crippen molar-refractivity contribution in [1.82, 2.24) is 5.32 Å². The predicted octanol–water partition coefficient (Wildman–Crippen LogP) is 3.17. The van der Waals surface area contributed by atoms with Crippen LogP contribution in [-0.4, -0.2) is 18.4 Å². The maximum atomic E-state index is 11.6. The lowest BCUT2D eigenvalue weighted by Crippen LogP contribution is -2.30. The summed E-state index contributed by atoms with van der Waals surface area (Å²) in [5.41, 5.74) is 0.814. The molecule has 0 aliphatic rings. The highest BCUT2D eigenvalue weighted by Crippen LogP contribution is 2.13. The maximum Gasteiger partial charge on any atom is 0.325 e. The van der Waals surface area contributed by atoms with Crippen LogP contribution in [0.2, 0.25) is 5.02 Å². The van der Waals surface area contributed by atoms with Gasteiger partial charge in [0.25, 0.3) is 5.91 Å². The zero-order valence-electron chi connectivity index (χ0n) is 10.8. The maximum absolute atomic E-state index is 11.6. The Morgan fingerprint density at radius 2 is 1.90 bits per heavy atom. The standard InChI is InChI=1S/C14H11BrClNO4/c15-12-6-5-11(21-12)14(19)17-7-13(18)20-8-9-1-3-10(16)4-2-9/h1-6H,7-8H2,(H,17,19). The highest BCUT2D eigenvalue weighted by Gasteiger charge is 2.12. The Balaban J connectivity index is 1.74. The van der Waals surface area contributed by atoms with Crippen molar-refractivity contribution >= 4 is 39.4 Å². The summed E-state index contributed by atoms with van der Waals surface area (Å²) >= 11 is 8.84. The van der Waals surface area contributed by atoms with Crippen LogP contribution in [0.3, 0.4) is 0 Å². The van der Waals surface area contributed by atoms with Crippen LogP contribution in [0.25, 0.3) is 0 Å². The number of carbonyl (C=O) groups excluding carboxylic acids is 2. The van der Waals surface area contributed by atoms with Crippen molar-refractivity contribution < 1.29 is 18.7 Å². The first-order valence-corrected chi connectivity index (χ1v) is 7.15. The normalized spacial score (nSPS) is 10.2. The summed E-state index contributed by atoms with van der Waals surface area (Å²) in [6.45, 7) is -0.108. The summed E-state index contributed by atoms with van der Waals surface area (Å²) in [6.07, 6.45) is 0. The van der Waals surface area contributed by atoms with Crippen LogP contribution in [-0.2, 0) is 16.1 Å². The van der Waals surface area contributed by atoms with Crippen LogP contribution in [0.5, 0.6) is 0 Å². The van der Waals surface area contributed by atoms with Crippen molar-refractivity contribution in [1.29, 1.82) is 0 Å². The third-order valence-electron chi connectivity index (χ3n) is 2.50. The smallest absolute Gasteiger partial charge is 0.325 e. The summed E-state index contributed by atoms with van der Waals surface area (Å²) in [7, 11) is 0. The quantitative estimate of drug-likeness (QED) is 0.819. The molecule has 0 unspecified atom stereocenters. The minimum Gasteiger partial charge on any atom is -0.460 e. The predicted molar refractivity (Wildman–Crippen MR) is 80.0 cm³/mol. The van der Waals surface area contributed by atoms with Gasteiger partial charge in [-0.1, -0.05) is 23.7 Å². The van der Waals surface area contributed by atoms with E-state index in [4.69, 9.17) is 20.8 Å². The second-order valence-electron chi connectivity index (χ2n) is 4.07. The van der Waals surface area contributed by atoms with Crippen molar-refractivity contribution in [2.45, 2.75) is 6.61 Å². The fourth-order valence-electron chi connectivity index (χ4n) is 1.47. The Kier molecular flexibility index (Phi) is 5.41. The number of carbonyl (C=O) groups is 2. The molecular weight excluding hydrogens is 362 g/mol. The van der Waals surface area contributed by atoms with Gasteiger partial charge in [-0.05, 0) is 45.8 Å². The van der Waals surface area contributed by atoms with Crippen LogP contribution in [0.15, 0.2) is 45.5 Å². The van der Waals surface area contributed by atoms with Crippen LogP contribution in [0.4, 0.5) is 0 Å². The number of nitrogens with one attached hydrogen (secondary N) is 1. The number of halogens is 2. The number of ether oxygens (including phenoxy) is 1. The van der Waals surface area contributed by atoms with Crippen molar-refractivity contribution in [2.24, 2.45) is 0 Å². The molecule has 2 aromatic rings. The van der Waals surface area contributed by atoms with Gasteiger partial charge in [-0.3, -0.25) is 9.59 Å². The fourth-order valence-corrected chi connectivity index (χ4v) is 1.90. The van der Waals surface area contributed by atoms with Gasteiger partial charge in [0.2, 0.25) is 0 Å². The lowest BCUT2D eigenvalue weighted by molar-refractivity contribution is -0.143. The molecule has 1 aromatic heterocycles. The van der Waals surface area contributed by atoms with Crippen LogP contribution in [0.1, 0.15) is 16.1 Å². The molecule has 1 amide bonds. The van der Waals surface area contributed by atoms with E-state index in [1.54, 1.807) is 30.3 Å². The minimum atomic E-state index is -0.538. The molecule has 5 nitrogen and oxygen atoms in total. The first-order chi connectivity index (χ1) is 10.0. The van der Waals surface area contributed by atoms with Gasteiger partial charge in [0.15, 0.2) is 10.4 Å². The van der Waals surface area contributed by atoms with E-state index in [2.05, 4.69) is 21.2 Å². The van der Waals surface area contributed by atoms with Crippen LogP contribution in [0, 0.1) is 0 Å². The van der Waals surface area contributed by atoms with Crippen LogP contribution < -0.4 is 5.32 Å². The van der Waals surface area contributed by atoms with Gasteiger partial charge >= 0.3 is 5.97 Å². The van der Waals surface area contributed by atoms with E-state index >= 15 is 0 Å². The Bertz CT molecular complexity index is 639. The molecule has 1 heterocycles. The molecule has 7 heteroatoms. The van der Waals surface area contributed by atoms with Crippen molar-refractivity contribution in [3.63, 3.8) is 0 Å². The summed E-state index contributed by atoms with van der Waals surface area (Å²) in [4.78, 5) is 23.1. The molecule has 0 radical (unpaired) electrons. The first-order valence-electron chi connectivity index (χ1n) is 5.98. The van der Waals surface area contributed by atoms with Gasteiger partial charge in [0.05, 0.1) is 0 Å². The van der Waals surface area contributed by atoms with Crippen molar-refractivity contribution in [2.75, 3.05) is 6.54 Å².